The van der Waals surface area contributed by atoms with Gasteiger partial charge in [0, 0.05) is 10.2 Å². The van der Waals surface area contributed by atoms with Gasteiger partial charge in [0.1, 0.15) is 5.82 Å². The number of carbonyl (C=O) groups is 1. The molecule has 0 heterocycles. The highest BCUT2D eigenvalue weighted by atomic mass is 79.9. The van der Waals surface area contributed by atoms with Crippen LogP contribution in [-0.2, 0) is 4.79 Å². The summed E-state index contributed by atoms with van der Waals surface area (Å²) in [5, 5.41) is 12.2. The van der Waals surface area contributed by atoms with Crippen LogP contribution in [0.15, 0.2) is 51.4 Å². The van der Waals surface area contributed by atoms with Crippen molar-refractivity contribution in [3.05, 3.63) is 62.8 Å². The van der Waals surface area contributed by atoms with Crippen molar-refractivity contribution >= 4 is 43.5 Å². The molecule has 0 aromatic heterocycles. The third kappa shape index (κ3) is 3.58. The van der Waals surface area contributed by atoms with Crippen LogP contribution in [0.25, 0.3) is 0 Å². The molecule has 2 rings (SSSR count). The van der Waals surface area contributed by atoms with Gasteiger partial charge in [-0.1, -0.05) is 22.0 Å². The first-order chi connectivity index (χ1) is 9.47. The first kappa shape index (κ1) is 15.0. The summed E-state index contributed by atoms with van der Waals surface area (Å²) in [6.07, 6.45) is 0. The summed E-state index contributed by atoms with van der Waals surface area (Å²) in [6, 6.07) is 10.3. The first-order valence-electron chi connectivity index (χ1n) is 5.67. The van der Waals surface area contributed by atoms with Gasteiger partial charge in [0.25, 0.3) is 0 Å². The number of rotatable bonds is 4. The van der Waals surface area contributed by atoms with Crippen molar-refractivity contribution in [2.24, 2.45) is 0 Å². The predicted molar refractivity (Wildman–Crippen MR) is 82.2 cm³/mol. The third-order valence-electron chi connectivity index (χ3n) is 2.68. The Morgan fingerprint density at radius 2 is 1.80 bits per heavy atom. The summed E-state index contributed by atoms with van der Waals surface area (Å²) < 4.78 is 14.7. The van der Waals surface area contributed by atoms with Gasteiger partial charge in [-0.25, -0.2) is 9.18 Å². The highest BCUT2D eigenvalue weighted by Gasteiger charge is 2.20. The van der Waals surface area contributed by atoms with Gasteiger partial charge in [-0.05, 0) is 57.9 Å². The van der Waals surface area contributed by atoms with Gasteiger partial charge in [0.15, 0.2) is 6.04 Å². The molecule has 104 valence electrons. The Morgan fingerprint density at radius 3 is 2.35 bits per heavy atom. The van der Waals surface area contributed by atoms with Crippen LogP contribution in [0, 0.1) is 5.82 Å². The molecule has 20 heavy (non-hydrogen) atoms. The fourth-order valence-corrected chi connectivity index (χ4v) is 2.20. The Hall–Kier alpha value is -1.40. The van der Waals surface area contributed by atoms with Crippen LogP contribution in [0.2, 0.25) is 0 Å². The molecule has 0 fully saturated rings. The van der Waals surface area contributed by atoms with E-state index in [9.17, 15) is 14.3 Å². The lowest BCUT2D eigenvalue weighted by atomic mass is 10.1. The van der Waals surface area contributed by atoms with Gasteiger partial charge in [-0.3, -0.25) is 0 Å². The largest absolute Gasteiger partial charge is 0.479 e. The molecule has 6 heteroatoms. The number of anilines is 1. The number of hydrogen-bond donors (Lipinski definition) is 2. The Labute approximate surface area is 132 Å². The second kappa shape index (κ2) is 6.37. The maximum absolute atomic E-state index is 13.5. The number of carboxylic acids is 1. The molecule has 0 amide bonds. The maximum Gasteiger partial charge on any atom is 0.330 e. The smallest absolute Gasteiger partial charge is 0.330 e. The number of carboxylic acid groups (broad SMARTS) is 1. The van der Waals surface area contributed by atoms with Crippen molar-refractivity contribution < 1.29 is 14.3 Å². The molecule has 0 spiro atoms. The minimum absolute atomic E-state index is 0.300. The highest BCUT2D eigenvalue weighted by molar-refractivity contribution is 9.10. The third-order valence-corrected chi connectivity index (χ3v) is 3.85. The summed E-state index contributed by atoms with van der Waals surface area (Å²) in [6.45, 7) is 0. The van der Waals surface area contributed by atoms with Crippen LogP contribution >= 0.6 is 31.9 Å². The zero-order valence-corrected chi connectivity index (χ0v) is 13.3. The number of halogens is 3. The van der Waals surface area contributed by atoms with Gasteiger partial charge >= 0.3 is 5.97 Å². The first-order valence-corrected chi connectivity index (χ1v) is 7.26. The number of nitrogens with one attached hydrogen (secondary N) is 1. The average molecular weight is 403 g/mol. The number of benzene rings is 2. The molecule has 0 saturated carbocycles. The van der Waals surface area contributed by atoms with Crippen molar-refractivity contribution in [2.75, 3.05) is 5.32 Å². The zero-order chi connectivity index (χ0) is 14.7. The molecule has 1 unspecified atom stereocenters. The normalized spacial score (nSPS) is 11.9. The van der Waals surface area contributed by atoms with Crippen molar-refractivity contribution in [1.29, 1.82) is 0 Å². The van der Waals surface area contributed by atoms with Crippen LogP contribution in [0.1, 0.15) is 11.6 Å². The molecule has 1 atom stereocenters. The molecule has 0 bridgehead atoms. The van der Waals surface area contributed by atoms with Gasteiger partial charge in [0.05, 0.1) is 4.47 Å². The molecule has 0 aliphatic heterocycles. The van der Waals surface area contributed by atoms with Crippen LogP contribution in [0.3, 0.4) is 0 Å². The molecule has 0 aliphatic carbocycles. The lowest BCUT2D eigenvalue weighted by Gasteiger charge is -2.16. The molecule has 0 radical (unpaired) electrons. The van der Waals surface area contributed by atoms with E-state index in [-0.39, 0.29) is 0 Å². The Bertz CT molecular complexity index is 632. The monoisotopic (exact) mass is 401 g/mol. The molecule has 0 saturated heterocycles. The number of aliphatic carboxylic acids is 1. The van der Waals surface area contributed by atoms with Gasteiger partial charge < -0.3 is 10.4 Å². The lowest BCUT2D eigenvalue weighted by molar-refractivity contribution is -0.138. The number of hydrogen-bond acceptors (Lipinski definition) is 2. The van der Waals surface area contributed by atoms with E-state index in [0.29, 0.717) is 15.7 Å². The molecule has 2 aromatic carbocycles. The minimum atomic E-state index is -1.07. The molecule has 2 aromatic rings. The topological polar surface area (TPSA) is 49.3 Å². The van der Waals surface area contributed by atoms with E-state index in [4.69, 9.17) is 0 Å². The summed E-state index contributed by atoms with van der Waals surface area (Å²) in [7, 11) is 0. The van der Waals surface area contributed by atoms with E-state index in [1.165, 1.54) is 12.1 Å². The average Bonchev–Trinajstić information content (AvgIpc) is 2.41. The molecular formula is C14H10Br2FNO2. The lowest BCUT2D eigenvalue weighted by Crippen LogP contribution is -2.20. The maximum atomic E-state index is 13.5. The summed E-state index contributed by atoms with van der Waals surface area (Å²) >= 11 is 6.35. The second-order valence-electron chi connectivity index (χ2n) is 4.10. The quantitative estimate of drug-likeness (QED) is 0.786. The van der Waals surface area contributed by atoms with E-state index in [1.54, 1.807) is 30.3 Å². The second-order valence-corrected chi connectivity index (χ2v) is 5.87. The van der Waals surface area contributed by atoms with Crippen LogP contribution in [-0.4, -0.2) is 11.1 Å². The Morgan fingerprint density at radius 1 is 1.15 bits per heavy atom. The predicted octanol–water partition coefficient (Wildman–Crippen LogP) is 4.59. The van der Waals surface area contributed by atoms with Gasteiger partial charge in [0.2, 0.25) is 0 Å². The molecule has 2 N–H and O–H groups in total. The summed E-state index contributed by atoms with van der Waals surface area (Å²) in [4.78, 5) is 11.4. The fourth-order valence-electron chi connectivity index (χ4n) is 1.69. The van der Waals surface area contributed by atoms with Crippen molar-refractivity contribution in [3.8, 4) is 0 Å². The van der Waals surface area contributed by atoms with E-state index >= 15 is 0 Å². The van der Waals surface area contributed by atoms with E-state index in [1.807, 2.05) is 0 Å². The van der Waals surface area contributed by atoms with Crippen molar-refractivity contribution in [2.45, 2.75) is 6.04 Å². The van der Waals surface area contributed by atoms with Gasteiger partial charge in [-0.15, -0.1) is 0 Å². The fraction of sp³-hybridized carbons (Fsp3) is 0.0714. The minimum Gasteiger partial charge on any atom is -0.479 e. The molecular weight excluding hydrogens is 393 g/mol. The molecule has 3 nitrogen and oxygen atoms in total. The Kier molecular flexibility index (Phi) is 4.77. The molecule has 0 aliphatic rings. The Balaban J connectivity index is 2.29. The SMILES string of the molecule is O=C(O)C(Nc1ccc(Br)cc1)c1ccc(Br)c(F)c1. The highest BCUT2D eigenvalue weighted by Crippen LogP contribution is 2.25. The van der Waals surface area contributed by atoms with Crippen LogP contribution in [0.5, 0.6) is 0 Å². The van der Waals surface area contributed by atoms with Crippen molar-refractivity contribution in [1.82, 2.24) is 0 Å². The van der Waals surface area contributed by atoms with Gasteiger partial charge in [-0.2, -0.15) is 0 Å². The van der Waals surface area contributed by atoms with Crippen LogP contribution < -0.4 is 5.32 Å². The summed E-state index contributed by atoms with van der Waals surface area (Å²) in [5.74, 6) is -1.57. The van der Waals surface area contributed by atoms with E-state index in [2.05, 4.69) is 37.2 Å². The van der Waals surface area contributed by atoms with Crippen molar-refractivity contribution in [3.63, 3.8) is 0 Å². The van der Waals surface area contributed by atoms with Crippen LogP contribution in [0.4, 0.5) is 10.1 Å². The van der Waals surface area contributed by atoms with E-state index < -0.39 is 17.8 Å². The van der Waals surface area contributed by atoms with E-state index in [0.717, 1.165) is 4.47 Å². The standard InChI is InChI=1S/C14H10Br2FNO2/c15-9-2-4-10(5-3-9)18-13(14(19)20)8-1-6-11(16)12(17)7-8/h1-7,13,18H,(H,19,20). The summed E-state index contributed by atoms with van der Waals surface area (Å²) in [5.41, 5.74) is 0.991. The zero-order valence-electron chi connectivity index (χ0n) is 10.1.